The highest BCUT2D eigenvalue weighted by Gasteiger charge is 2.13. The van der Waals surface area contributed by atoms with Crippen molar-refractivity contribution >= 4 is 10.0 Å². The van der Waals surface area contributed by atoms with Gasteiger partial charge in [0.2, 0.25) is 10.0 Å². The third-order valence-electron chi connectivity index (χ3n) is 3.81. The molecule has 0 aliphatic rings. The van der Waals surface area contributed by atoms with Gasteiger partial charge in [-0.3, -0.25) is 4.79 Å². The van der Waals surface area contributed by atoms with Crippen LogP contribution in [0, 0.1) is 6.92 Å². The van der Waals surface area contributed by atoms with Gasteiger partial charge in [0.15, 0.2) is 0 Å². The first kappa shape index (κ1) is 18.2. The molecule has 24 heavy (non-hydrogen) atoms. The summed E-state index contributed by atoms with van der Waals surface area (Å²) < 4.78 is 33.6. The Balaban J connectivity index is 2.06. The minimum absolute atomic E-state index is 0.130. The molecule has 0 amide bonds. The number of aryl methyl sites for hydroxylation is 2. The van der Waals surface area contributed by atoms with Gasteiger partial charge in [0.25, 0.3) is 5.56 Å². The number of benzene rings is 1. The van der Waals surface area contributed by atoms with Crippen LogP contribution in [0.3, 0.4) is 0 Å². The molecule has 7 heteroatoms. The third kappa shape index (κ3) is 4.24. The molecule has 0 atom stereocenters. The molecular formula is C17H22N2O4S. The lowest BCUT2D eigenvalue weighted by Gasteiger charge is -2.12. The highest BCUT2D eigenvalue weighted by atomic mass is 32.2. The van der Waals surface area contributed by atoms with Crippen molar-refractivity contribution in [3.8, 4) is 5.75 Å². The smallest absolute Gasteiger partial charge is 0.254 e. The molecule has 2 aromatic rings. The Morgan fingerprint density at radius 3 is 2.38 bits per heavy atom. The Bertz CT molecular complexity index is 855. The van der Waals surface area contributed by atoms with Crippen LogP contribution in [-0.4, -0.2) is 26.6 Å². The third-order valence-corrected chi connectivity index (χ3v) is 5.29. The van der Waals surface area contributed by atoms with E-state index in [1.54, 1.807) is 37.3 Å². The summed E-state index contributed by atoms with van der Waals surface area (Å²) in [7, 11) is -2.09. The van der Waals surface area contributed by atoms with E-state index in [1.165, 1.54) is 17.7 Å². The van der Waals surface area contributed by atoms with E-state index in [0.29, 0.717) is 11.4 Å². The highest BCUT2D eigenvalue weighted by molar-refractivity contribution is 7.89. The number of hydrogen-bond acceptors (Lipinski definition) is 4. The number of rotatable bonds is 7. The molecule has 1 aromatic heterocycles. The Morgan fingerprint density at radius 2 is 1.83 bits per heavy atom. The second kappa shape index (κ2) is 7.63. The molecule has 0 aliphatic heterocycles. The minimum Gasteiger partial charge on any atom is -0.496 e. The Morgan fingerprint density at radius 1 is 1.17 bits per heavy atom. The van der Waals surface area contributed by atoms with Crippen LogP contribution >= 0.6 is 0 Å². The summed E-state index contributed by atoms with van der Waals surface area (Å²) in [6.07, 6.45) is 0.855. The normalized spacial score (nSPS) is 11.5. The summed E-state index contributed by atoms with van der Waals surface area (Å²) >= 11 is 0. The zero-order chi connectivity index (χ0) is 17.7. The van der Waals surface area contributed by atoms with Crippen molar-refractivity contribution in [3.63, 3.8) is 0 Å². The summed E-state index contributed by atoms with van der Waals surface area (Å²) in [5.41, 5.74) is 1.57. The summed E-state index contributed by atoms with van der Waals surface area (Å²) in [5, 5.41) is 0. The van der Waals surface area contributed by atoms with Crippen LogP contribution in [-0.2, 0) is 23.0 Å². The second-order valence-corrected chi connectivity index (χ2v) is 7.19. The van der Waals surface area contributed by atoms with E-state index in [0.717, 1.165) is 12.0 Å². The van der Waals surface area contributed by atoms with E-state index in [1.807, 2.05) is 6.92 Å². The summed E-state index contributed by atoms with van der Waals surface area (Å²) in [6.45, 7) is 4.17. The fraction of sp³-hybridized carbons (Fsp3) is 0.353. The molecule has 0 aliphatic carbocycles. The van der Waals surface area contributed by atoms with Gasteiger partial charge < -0.3 is 9.30 Å². The van der Waals surface area contributed by atoms with Gasteiger partial charge in [-0.15, -0.1) is 0 Å². The van der Waals surface area contributed by atoms with Crippen molar-refractivity contribution in [2.45, 2.75) is 31.7 Å². The van der Waals surface area contributed by atoms with Gasteiger partial charge in [-0.05, 0) is 37.1 Å². The molecule has 0 unspecified atom stereocenters. The molecule has 130 valence electrons. The number of pyridine rings is 1. The fourth-order valence-electron chi connectivity index (χ4n) is 2.38. The molecule has 6 nitrogen and oxygen atoms in total. The van der Waals surface area contributed by atoms with Crippen molar-refractivity contribution in [2.24, 2.45) is 0 Å². The standard InChI is InChI=1S/C17H22N2O4S/c1-4-14-5-7-16(8-6-14)24(21,22)18-9-10-19-13(2)11-15(23-3)12-17(19)20/h5-8,11-12,18H,4,9-10H2,1-3H3. The van der Waals surface area contributed by atoms with Gasteiger partial charge in [-0.25, -0.2) is 13.1 Å². The molecule has 2 rings (SSSR count). The lowest BCUT2D eigenvalue weighted by molar-refractivity contribution is 0.411. The molecule has 0 saturated carbocycles. The van der Waals surface area contributed by atoms with Gasteiger partial charge in [0.05, 0.1) is 12.0 Å². The first-order chi connectivity index (χ1) is 11.4. The first-order valence-electron chi connectivity index (χ1n) is 7.71. The molecule has 0 fully saturated rings. The van der Waals surface area contributed by atoms with Crippen LogP contribution in [0.1, 0.15) is 18.2 Å². The molecule has 0 spiro atoms. The maximum atomic E-state index is 12.3. The zero-order valence-electron chi connectivity index (χ0n) is 14.1. The highest BCUT2D eigenvalue weighted by Crippen LogP contribution is 2.11. The zero-order valence-corrected chi connectivity index (χ0v) is 14.9. The number of hydrogen-bond donors (Lipinski definition) is 1. The van der Waals surface area contributed by atoms with Crippen molar-refractivity contribution in [1.82, 2.24) is 9.29 Å². The van der Waals surface area contributed by atoms with Crippen molar-refractivity contribution in [3.05, 3.63) is 58.0 Å². The van der Waals surface area contributed by atoms with Crippen LogP contribution in [0.4, 0.5) is 0 Å². The Hall–Kier alpha value is -2.12. The number of nitrogens with one attached hydrogen (secondary N) is 1. The van der Waals surface area contributed by atoms with Gasteiger partial charge in [-0.2, -0.15) is 0 Å². The summed E-state index contributed by atoms with van der Waals surface area (Å²) in [5.74, 6) is 0.491. The average molecular weight is 350 g/mol. The summed E-state index contributed by atoms with van der Waals surface area (Å²) in [4.78, 5) is 12.2. The quantitative estimate of drug-likeness (QED) is 0.825. The average Bonchev–Trinajstić information content (AvgIpc) is 2.57. The van der Waals surface area contributed by atoms with Crippen LogP contribution in [0.5, 0.6) is 5.75 Å². The van der Waals surface area contributed by atoms with Crippen molar-refractivity contribution in [2.75, 3.05) is 13.7 Å². The second-order valence-electron chi connectivity index (χ2n) is 5.42. The van der Waals surface area contributed by atoms with E-state index in [2.05, 4.69) is 4.72 Å². The fourth-order valence-corrected chi connectivity index (χ4v) is 3.40. The number of sulfonamides is 1. The lowest BCUT2D eigenvalue weighted by atomic mass is 10.2. The topological polar surface area (TPSA) is 77.4 Å². The van der Waals surface area contributed by atoms with Gasteiger partial charge in [0, 0.05) is 24.8 Å². The van der Waals surface area contributed by atoms with E-state index in [9.17, 15) is 13.2 Å². The molecule has 0 saturated heterocycles. The minimum atomic E-state index is -3.58. The molecule has 1 heterocycles. The molecule has 1 aromatic carbocycles. The van der Waals surface area contributed by atoms with Crippen LogP contribution < -0.4 is 15.0 Å². The van der Waals surface area contributed by atoms with Gasteiger partial charge >= 0.3 is 0 Å². The van der Waals surface area contributed by atoms with E-state index >= 15 is 0 Å². The molecule has 0 bridgehead atoms. The Kier molecular flexibility index (Phi) is 5.80. The van der Waals surface area contributed by atoms with Crippen LogP contribution in [0.2, 0.25) is 0 Å². The number of methoxy groups -OCH3 is 1. The van der Waals surface area contributed by atoms with Crippen LogP contribution in [0.25, 0.3) is 0 Å². The number of aromatic nitrogens is 1. The van der Waals surface area contributed by atoms with Crippen LogP contribution in [0.15, 0.2) is 46.1 Å². The monoisotopic (exact) mass is 350 g/mol. The number of ether oxygens (including phenoxy) is 1. The van der Waals surface area contributed by atoms with Gasteiger partial charge in [0.1, 0.15) is 5.75 Å². The van der Waals surface area contributed by atoms with Gasteiger partial charge in [-0.1, -0.05) is 19.1 Å². The van der Waals surface area contributed by atoms with Crippen molar-refractivity contribution in [1.29, 1.82) is 0 Å². The van der Waals surface area contributed by atoms with E-state index < -0.39 is 10.0 Å². The number of nitrogens with zero attached hydrogens (tertiary/aromatic N) is 1. The predicted molar refractivity (Wildman–Crippen MR) is 93.0 cm³/mol. The summed E-state index contributed by atoms with van der Waals surface area (Å²) in [6, 6.07) is 9.89. The Labute approximate surface area is 142 Å². The largest absolute Gasteiger partial charge is 0.496 e. The molecule has 0 radical (unpaired) electrons. The van der Waals surface area contributed by atoms with E-state index in [4.69, 9.17) is 4.74 Å². The molecule has 1 N–H and O–H groups in total. The van der Waals surface area contributed by atoms with Crippen molar-refractivity contribution < 1.29 is 13.2 Å². The lowest BCUT2D eigenvalue weighted by Crippen LogP contribution is -2.31. The molecular weight excluding hydrogens is 328 g/mol. The SMILES string of the molecule is CCc1ccc(S(=O)(=O)NCCn2c(C)cc(OC)cc2=O)cc1. The maximum absolute atomic E-state index is 12.3. The first-order valence-corrected chi connectivity index (χ1v) is 9.19. The van der Waals surface area contributed by atoms with E-state index in [-0.39, 0.29) is 23.5 Å². The predicted octanol–water partition coefficient (Wildman–Crippen LogP) is 1.71. The maximum Gasteiger partial charge on any atom is 0.254 e.